The molecule has 1 atom stereocenters. The van der Waals surface area contributed by atoms with Gasteiger partial charge in [0.15, 0.2) is 0 Å². The van der Waals surface area contributed by atoms with Crippen molar-refractivity contribution < 1.29 is 9.90 Å². The van der Waals surface area contributed by atoms with Crippen molar-refractivity contribution >= 4 is 23.6 Å². The van der Waals surface area contributed by atoms with Gasteiger partial charge in [-0.1, -0.05) is 32.9 Å². The number of H-pyrrole nitrogens is 1. The lowest BCUT2D eigenvalue weighted by molar-refractivity contribution is -0.307. The van der Waals surface area contributed by atoms with Gasteiger partial charge in [-0.15, -0.1) is 0 Å². The Bertz CT molecular complexity index is 840. The molecule has 0 saturated heterocycles. The van der Waals surface area contributed by atoms with Gasteiger partial charge >= 0.3 is 0 Å². The number of carboxylic acids is 1. The molecule has 4 N–H and O–H groups in total. The van der Waals surface area contributed by atoms with E-state index >= 15 is 0 Å². The van der Waals surface area contributed by atoms with Gasteiger partial charge in [0, 0.05) is 17.7 Å². The summed E-state index contributed by atoms with van der Waals surface area (Å²) in [6.45, 7) is 5.57. The molecule has 132 valence electrons. The lowest BCUT2D eigenvalue weighted by atomic mass is 10.0. The van der Waals surface area contributed by atoms with E-state index in [9.17, 15) is 14.7 Å². The number of nitrogens with one attached hydrogen (secondary N) is 2. The van der Waals surface area contributed by atoms with Crippen molar-refractivity contribution in [2.75, 3.05) is 5.32 Å². The minimum Gasteiger partial charge on any atom is -0.549 e. The van der Waals surface area contributed by atoms with Crippen LogP contribution in [0.5, 0.6) is 0 Å². The van der Waals surface area contributed by atoms with Crippen molar-refractivity contribution in [1.82, 2.24) is 9.97 Å². The predicted octanol–water partition coefficient (Wildman–Crippen LogP) is 0.805. The van der Waals surface area contributed by atoms with E-state index in [1.54, 1.807) is 0 Å². The van der Waals surface area contributed by atoms with Crippen molar-refractivity contribution in [1.29, 1.82) is 0 Å². The fraction of sp³-hybridized carbons (Fsp3) is 0.294. The van der Waals surface area contributed by atoms with Crippen molar-refractivity contribution in [3.63, 3.8) is 0 Å². The van der Waals surface area contributed by atoms with E-state index in [0.717, 1.165) is 11.8 Å². The van der Waals surface area contributed by atoms with Crippen LogP contribution in [0.1, 0.15) is 43.9 Å². The summed E-state index contributed by atoms with van der Waals surface area (Å²) in [4.78, 5) is 32.9. The number of carboxylic acid groups (broad SMARTS) is 1. The predicted molar refractivity (Wildman–Crippen MR) is 93.7 cm³/mol. The van der Waals surface area contributed by atoms with Crippen LogP contribution in [0.3, 0.4) is 0 Å². The fourth-order valence-electron chi connectivity index (χ4n) is 2.10. The Hall–Kier alpha value is -3.16. The van der Waals surface area contributed by atoms with Gasteiger partial charge in [0.25, 0.3) is 5.56 Å². The lowest BCUT2D eigenvalue weighted by Crippen LogP contribution is -2.29. The molecule has 2 rings (SSSR count). The van der Waals surface area contributed by atoms with E-state index < -0.39 is 17.4 Å². The molecule has 0 saturated carbocycles. The molecule has 0 radical (unpaired) electrons. The Morgan fingerprint density at radius 1 is 1.28 bits per heavy atom. The number of hydrogen-bond donors (Lipinski definition) is 3. The highest BCUT2D eigenvalue weighted by Crippen LogP contribution is 2.17. The molecule has 0 amide bonds. The Morgan fingerprint density at radius 3 is 2.48 bits per heavy atom. The maximum absolute atomic E-state index is 11.6. The van der Waals surface area contributed by atoms with Crippen LogP contribution in [0, 0.1) is 0 Å². The third kappa shape index (κ3) is 4.90. The number of anilines is 1. The molecule has 8 nitrogen and oxygen atoms in total. The fourth-order valence-corrected chi connectivity index (χ4v) is 2.10. The maximum Gasteiger partial charge on any atom is 0.252 e. The molecule has 0 fully saturated rings. The number of aliphatic carboxylic acids is 1. The number of carbonyl (C=O) groups is 1. The number of carbonyl (C=O) groups excluding carboxylic acids is 1. The molecule has 0 aliphatic heterocycles. The second-order valence-corrected chi connectivity index (χ2v) is 5.93. The first kappa shape index (κ1) is 18.2. The average molecular weight is 342 g/mol. The van der Waals surface area contributed by atoms with Crippen molar-refractivity contribution in [2.45, 2.75) is 32.6 Å². The van der Waals surface area contributed by atoms with Gasteiger partial charge in [-0.3, -0.25) is 9.78 Å². The number of benzene rings is 1. The molecule has 0 aliphatic carbocycles. The number of aliphatic imine (C=N–C) groups is 1. The van der Waals surface area contributed by atoms with Gasteiger partial charge in [-0.2, -0.15) is 4.99 Å². The number of aromatic nitrogens is 2. The van der Waals surface area contributed by atoms with Gasteiger partial charge in [0.05, 0.1) is 11.7 Å². The molecule has 1 aromatic carbocycles. The highest BCUT2D eigenvalue weighted by Gasteiger charge is 2.11. The summed E-state index contributed by atoms with van der Waals surface area (Å²) in [5, 5.41) is 13.8. The molecule has 0 spiro atoms. The molecule has 1 aromatic heterocycles. The summed E-state index contributed by atoms with van der Waals surface area (Å²) in [5.74, 6) is -2.01. The molecule has 0 aliphatic rings. The number of rotatable bonds is 5. The first-order valence-electron chi connectivity index (χ1n) is 7.79. The molecule has 1 heterocycles. The third-order valence-electron chi connectivity index (χ3n) is 3.62. The van der Waals surface area contributed by atoms with E-state index in [1.807, 2.05) is 24.3 Å². The minimum atomic E-state index is -1.33. The molecule has 8 heteroatoms. The second-order valence-electron chi connectivity index (χ2n) is 5.93. The maximum atomic E-state index is 11.6. The van der Waals surface area contributed by atoms with Crippen LogP contribution in [-0.4, -0.2) is 21.9 Å². The van der Waals surface area contributed by atoms with Crippen LogP contribution < -0.4 is 21.7 Å². The topological polar surface area (TPSA) is 136 Å². The lowest BCUT2D eigenvalue weighted by Gasteiger charge is -2.12. The van der Waals surface area contributed by atoms with Crippen LogP contribution in [0.25, 0.3) is 0 Å². The molecule has 1 unspecified atom stereocenters. The number of nitrogens with zero attached hydrogens (tertiary/aromatic N) is 2. The van der Waals surface area contributed by atoms with Gasteiger partial charge in [-0.25, -0.2) is 4.98 Å². The van der Waals surface area contributed by atoms with Crippen molar-refractivity contribution in [3.8, 4) is 0 Å². The zero-order chi connectivity index (χ0) is 18.6. The number of aromatic amines is 1. The van der Waals surface area contributed by atoms with Crippen molar-refractivity contribution in [2.24, 2.45) is 10.7 Å². The largest absolute Gasteiger partial charge is 0.549 e. The summed E-state index contributed by atoms with van der Waals surface area (Å²) < 4.78 is 0. The summed E-state index contributed by atoms with van der Waals surface area (Å²) >= 11 is 0. The summed E-state index contributed by atoms with van der Waals surface area (Å²) in [6, 6.07) is 8.77. The van der Waals surface area contributed by atoms with E-state index in [4.69, 9.17) is 5.73 Å². The van der Waals surface area contributed by atoms with Gasteiger partial charge < -0.3 is 21.0 Å². The second kappa shape index (κ2) is 7.61. The van der Waals surface area contributed by atoms with Gasteiger partial charge in [0.2, 0.25) is 11.9 Å². The molecular formula is C17H20N5O3-. The normalized spacial score (nSPS) is 12.9. The Labute approximate surface area is 144 Å². The summed E-state index contributed by atoms with van der Waals surface area (Å²) in [5.41, 5.74) is 7.27. The monoisotopic (exact) mass is 342 g/mol. The highest BCUT2D eigenvalue weighted by atomic mass is 16.4. The van der Waals surface area contributed by atoms with E-state index in [2.05, 4.69) is 34.1 Å². The number of hydrogen-bond acceptors (Lipinski definition) is 5. The van der Waals surface area contributed by atoms with Crippen LogP contribution in [-0.2, 0) is 4.79 Å². The standard InChI is InChI=1S/C17H21N5O3/c1-9(2)11-4-6-12(7-5-11)19-16(18)22-17-20-13(8-14(23)21-17)10(3)15(24)25/h4-10H,1-3H3,(H,24,25)(H4,18,19,20,21,22,23)/p-1. The first-order chi connectivity index (χ1) is 11.8. The van der Waals surface area contributed by atoms with Crippen LogP contribution in [0.15, 0.2) is 40.1 Å². The Balaban J connectivity index is 2.21. The smallest absolute Gasteiger partial charge is 0.252 e. The van der Waals surface area contributed by atoms with Gasteiger partial charge in [-0.05, 0) is 23.6 Å². The molecular weight excluding hydrogens is 322 g/mol. The third-order valence-corrected chi connectivity index (χ3v) is 3.62. The summed E-state index contributed by atoms with van der Waals surface area (Å²) in [7, 11) is 0. The van der Waals surface area contributed by atoms with E-state index in [0.29, 0.717) is 5.92 Å². The highest BCUT2D eigenvalue weighted by molar-refractivity contribution is 5.93. The van der Waals surface area contributed by atoms with Crippen molar-refractivity contribution in [3.05, 3.63) is 51.9 Å². The first-order valence-corrected chi connectivity index (χ1v) is 7.79. The Kier molecular flexibility index (Phi) is 5.53. The van der Waals surface area contributed by atoms with Crippen LogP contribution in [0.2, 0.25) is 0 Å². The quantitative estimate of drug-likeness (QED) is 0.543. The SMILES string of the molecule is CC(C)c1ccc(N/C(N)=N/c2nc(C(C)C(=O)[O-])cc(=O)[nH]2)cc1. The van der Waals surface area contributed by atoms with E-state index in [1.165, 1.54) is 12.5 Å². The van der Waals surface area contributed by atoms with Gasteiger partial charge in [0.1, 0.15) is 0 Å². The average Bonchev–Trinajstić information content (AvgIpc) is 2.53. The number of guanidine groups is 1. The van der Waals surface area contributed by atoms with E-state index in [-0.39, 0.29) is 17.6 Å². The van der Waals surface area contributed by atoms with Crippen LogP contribution >= 0.6 is 0 Å². The zero-order valence-corrected chi connectivity index (χ0v) is 14.2. The van der Waals surface area contributed by atoms with Crippen LogP contribution in [0.4, 0.5) is 11.6 Å². The molecule has 2 aromatic rings. The number of nitrogens with two attached hydrogens (primary N) is 1. The minimum absolute atomic E-state index is 0.0127. The molecule has 25 heavy (non-hydrogen) atoms. The molecule has 0 bridgehead atoms. The summed E-state index contributed by atoms with van der Waals surface area (Å²) in [6.07, 6.45) is 0. The Morgan fingerprint density at radius 2 is 1.92 bits per heavy atom. The zero-order valence-electron chi connectivity index (χ0n) is 14.2.